The molecule has 1 heterocycles. The highest BCUT2D eigenvalue weighted by atomic mass is 79.9. The van der Waals surface area contributed by atoms with E-state index in [-0.39, 0.29) is 18.7 Å². The first-order valence-electron chi connectivity index (χ1n) is 6.59. The summed E-state index contributed by atoms with van der Waals surface area (Å²) >= 11 is 3.41. The van der Waals surface area contributed by atoms with Gasteiger partial charge < -0.3 is 20.1 Å². The van der Waals surface area contributed by atoms with E-state index in [0.717, 1.165) is 22.9 Å². The topological polar surface area (TPSA) is 61.8 Å². The Labute approximate surface area is 127 Å². The van der Waals surface area contributed by atoms with Crippen molar-refractivity contribution in [1.82, 2.24) is 4.90 Å². The van der Waals surface area contributed by atoms with Gasteiger partial charge in [-0.2, -0.15) is 0 Å². The molecule has 20 heavy (non-hydrogen) atoms. The smallest absolute Gasteiger partial charge is 0.322 e. The molecule has 1 unspecified atom stereocenters. The maximum Gasteiger partial charge on any atom is 0.322 e. The summed E-state index contributed by atoms with van der Waals surface area (Å²) in [7, 11) is 1.57. The van der Waals surface area contributed by atoms with Crippen LogP contribution in [-0.4, -0.2) is 42.3 Å². The van der Waals surface area contributed by atoms with Crippen molar-refractivity contribution < 1.29 is 14.6 Å². The molecule has 0 aliphatic carbocycles. The fourth-order valence-electron chi connectivity index (χ4n) is 2.51. The summed E-state index contributed by atoms with van der Waals surface area (Å²) in [5.74, 6) is 0.616. The molecule has 0 aromatic heterocycles. The van der Waals surface area contributed by atoms with Gasteiger partial charge in [-0.15, -0.1) is 0 Å². The molecular weight excluding hydrogens is 324 g/mol. The molecule has 1 aromatic rings. The molecule has 5 nitrogen and oxygen atoms in total. The monoisotopic (exact) mass is 342 g/mol. The van der Waals surface area contributed by atoms with E-state index in [1.165, 1.54) is 0 Å². The van der Waals surface area contributed by atoms with E-state index in [0.29, 0.717) is 18.0 Å². The number of nitrogens with zero attached hydrogens (tertiary/aromatic N) is 1. The lowest BCUT2D eigenvalue weighted by Crippen LogP contribution is -2.40. The number of aliphatic hydroxyl groups is 1. The maximum absolute atomic E-state index is 12.3. The van der Waals surface area contributed by atoms with Gasteiger partial charge in [-0.3, -0.25) is 0 Å². The molecule has 1 atom stereocenters. The highest BCUT2D eigenvalue weighted by Crippen LogP contribution is 2.32. The van der Waals surface area contributed by atoms with Crippen molar-refractivity contribution in [2.75, 3.05) is 25.6 Å². The van der Waals surface area contributed by atoms with Crippen molar-refractivity contribution in [2.45, 2.75) is 25.8 Å². The van der Waals surface area contributed by atoms with E-state index >= 15 is 0 Å². The largest absolute Gasteiger partial charge is 0.495 e. The summed E-state index contributed by atoms with van der Waals surface area (Å²) in [5, 5.41) is 12.2. The number of methoxy groups -OCH3 is 1. The van der Waals surface area contributed by atoms with Crippen LogP contribution in [0.15, 0.2) is 16.6 Å². The van der Waals surface area contributed by atoms with Crippen LogP contribution in [0.1, 0.15) is 18.4 Å². The molecule has 0 radical (unpaired) electrons. The first-order valence-corrected chi connectivity index (χ1v) is 7.38. The number of halogens is 1. The molecule has 2 rings (SSSR count). The number of urea groups is 1. The Morgan fingerprint density at radius 2 is 2.35 bits per heavy atom. The zero-order valence-corrected chi connectivity index (χ0v) is 13.2. The van der Waals surface area contributed by atoms with Gasteiger partial charge in [0, 0.05) is 11.0 Å². The number of carbonyl (C=O) groups is 1. The molecule has 6 heteroatoms. The third-order valence-corrected chi connectivity index (χ3v) is 4.02. The molecule has 1 aliphatic rings. The molecule has 0 saturated carbocycles. The molecule has 2 N–H and O–H groups in total. The average Bonchev–Trinajstić information content (AvgIpc) is 2.89. The second-order valence-corrected chi connectivity index (χ2v) is 5.82. The molecule has 1 fully saturated rings. The van der Waals surface area contributed by atoms with Gasteiger partial charge in [-0.05, 0) is 37.5 Å². The van der Waals surface area contributed by atoms with E-state index in [4.69, 9.17) is 4.74 Å². The second kappa shape index (κ2) is 6.45. The molecular formula is C14H19BrN2O3. The number of benzene rings is 1. The number of carbonyl (C=O) groups excluding carboxylic acids is 1. The fourth-order valence-corrected chi connectivity index (χ4v) is 3.06. The van der Waals surface area contributed by atoms with Crippen molar-refractivity contribution in [1.29, 1.82) is 0 Å². The van der Waals surface area contributed by atoms with E-state index in [1.807, 2.05) is 19.1 Å². The summed E-state index contributed by atoms with van der Waals surface area (Å²) in [5.41, 5.74) is 1.59. The predicted molar refractivity (Wildman–Crippen MR) is 81.3 cm³/mol. The van der Waals surface area contributed by atoms with Crippen molar-refractivity contribution in [2.24, 2.45) is 0 Å². The summed E-state index contributed by atoms with van der Waals surface area (Å²) < 4.78 is 6.21. The van der Waals surface area contributed by atoms with Gasteiger partial charge in [-0.25, -0.2) is 4.79 Å². The Morgan fingerprint density at radius 1 is 1.60 bits per heavy atom. The van der Waals surface area contributed by atoms with E-state index < -0.39 is 0 Å². The number of aliphatic hydroxyl groups excluding tert-OH is 1. The van der Waals surface area contributed by atoms with Crippen LogP contribution in [-0.2, 0) is 0 Å². The fraction of sp³-hybridized carbons (Fsp3) is 0.500. The standard InChI is InChI=1S/C14H19BrN2O3/c1-9-6-10(15)7-12(20-2)13(9)16-14(19)17-5-3-4-11(17)8-18/h6-7,11,18H,3-5,8H2,1-2H3,(H,16,19). The van der Waals surface area contributed by atoms with Gasteiger partial charge >= 0.3 is 6.03 Å². The first kappa shape index (κ1) is 15.1. The van der Waals surface area contributed by atoms with E-state index in [9.17, 15) is 9.90 Å². The molecule has 110 valence electrons. The zero-order chi connectivity index (χ0) is 14.7. The summed E-state index contributed by atoms with van der Waals surface area (Å²) in [6.07, 6.45) is 1.77. The van der Waals surface area contributed by atoms with Gasteiger partial charge in [0.25, 0.3) is 0 Å². The van der Waals surface area contributed by atoms with Crippen molar-refractivity contribution >= 4 is 27.6 Å². The normalized spacial score (nSPS) is 18.2. The Hall–Kier alpha value is -1.27. The SMILES string of the molecule is COc1cc(Br)cc(C)c1NC(=O)N1CCCC1CO. The zero-order valence-electron chi connectivity index (χ0n) is 11.6. The predicted octanol–water partition coefficient (Wildman–Crippen LogP) is 2.75. The van der Waals surface area contributed by atoms with E-state index in [2.05, 4.69) is 21.2 Å². The molecule has 1 aliphatic heterocycles. The van der Waals surface area contributed by atoms with Crippen LogP contribution in [0.4, 0.5) is 10.5 Å². The third kappa shape index (κ3) is 3.07. The molecule has 0 spiro atoms. The number of anilines is 1. The third-order valence-electron chi connectivity index (χ3n) is 3.56. The Bertz CT molecular complexity index is 507. The summed E-state index contributed by atoms with van der Waals surface area (Å²) in [6, 6.07) is 3.46. The van der Waals surface area contributed by atoms with Crippen LogP contribution in [0.5, 0.6) is 5.75 Å². The quantitative estimate of drug-likeness (QED) is 0.887. The molecule has 0 bridgehead atoms. The van der Waals surface area contributed by atoms with Crippen molar-refractivity contribution in [3.63, 3.8) is 0 Å². The molecule has 1 aromatic carbocycles. The number of likely N-dealkylation sites (tertiary alicyclic amines) is 1. The second-order valence-electron chi connectivity index (χ2n) is 4.90. The van der Waals surface area contributed by atoms with Crippen LogP contribution in [0.2, 0.25) is 0 Å². The lowest BCUT2D eigenvalue weighted by atomic mass is 10.2. The highest BCUT2D eigenvalue weighted by molar-refractivity contribution is 9.10. The van der Waals surface area contributed by atoms with E-state index in [1.54, 1.807) is 12.0 Å². The van der Waals surface area contributed by atoms with Crippen LogP contribution in [0, 0.1) is 6.92 Å². The lowest BCUT2D eigenvalue weighted by Gasteiger charge is -2.24. The number of rotatable bonds is 3. The minimum absolute atomic E-state index is 0.00384. The number of nitrogens with one attached hydrogen (secondary N) is 1. The van der Waals surface area contributed by atoms with Crippen molar-refractivity contribution in [3.8, 4) is 5.75 Å². The summed E-state index contributed by atoms with van der Waals surface area (Å²) in [4.78, 5) is 14.0. The minimum Gasteiger partial charge on any atom is -0.495 e. The van der Waals surface area contributed by atoms with Gasteiger partial charge in [0.1, 0.15) is 5.75 Å². The van der Waals surface area contributed by atoms with Crippen LogP contribution < -0.4 is 10.1 Å². The minimum atomic E-state index is -0.190. The molecule has 2 amide bonds. The Balaban J connectivity index is 2.19. The number of ether oxygens (including phenoxy) is 1. The summed E-state index contributed by atoms with van der Waals surface area (Å²) in [6.45, 7) is 2.59. The first-order chi connectivity index (χ1) is 9.56. The number of aryl methyl sites for hydroxylation is 1. The highest BCUT2D eigenvalue weighted by Gasteiger charge is 2.28. The lowest BCUT2D eigenvalue weighted by molar-refractivity contribution is 0.166. The van der Waals surface area contributed by atoms with Gasteiger partial charge in [0.05, 0.1) is 25.4 Å². The Morgan fingerprint density at radius 3 is 3.00 bits per heavy atom. The maximum atomic E-state index is 12.3. The van der Waals surface area contributed by atoms with Gasteiger partial charge in [0.15, 0.2) is 0 Å². The van der Waals surface area contributed by atoms with Gasteiger partial charge in [0.2, 0.25) is 0 Å². The number of hydrogen-bond acceptors (Lipinski definition) is 3. The number of amides is 2. The van der Waals surface area contributed by atoms with Crippen LogP contribution in [0.25, 0.3) is 0 Å². The van der Waals surface area contributed by atoms with Gasteiger partial charge in [-0.1, -0.05) is 15.9 Å². The molecule has 1 saturated heterocycles. The van der Waals surface area contributed by atoms with Crippen LogP contribution in [0.3, 0.4) is 0 Å². The van der Waals surface area contributed by atoms with Crippen LogP contribution >= 0.6 is 15.9 Å². The Kier molecular flexibility index (Phi) is 4.88. The number of hydrogen-bond donors (Lipinski definition) is 2. The average molecular weight is 343 g/mol. The van der Waals surface area contributed by atoms with Crippen molar-refractivity contribution in [3.05, 3.63) is 22.2 Å².